The molecule has 0 bridgehead atoms. The van der Waals surface area contributed by atoms with Crippen LogP contribution in [0.3, 0.4) is 0 Å². The van der Waals surface area contributed by atoms with Crippen LogP contribution in [0.5, 0.6) is 11.5 Å². The van der Waals surface area contributed by atoms with E-state index in [0.717, 1.165) is 43.1 Å². The third-order valence-electron chi connectivity index (χ3n) is 8.34. The lowest BCUT2D eigenvalue weighted by atomic mass is 9.61. The first-order chi connectivity index (χ1) is 15.6. The predicted octanol–water partition coefficient (Wildman–Crippen LogP) is 7.17. The second-order valence-electron chi connectivity index (χ2n) is 10.2. The highest BCUT2D eigenvalue weighted by Gasteiger charge is 2.39. The number of fused-ring (bicyclic) bond motifs is 1. The zero-order valence-corrected chi connectivity index (χ0v) is 19.8. The molecule has 0 heterocycles. The highest BCUT2D eigenvalue weighted by atomic mass is 19.2. The largest absolute Gasteiger partial charge is 0.491 e. The molecule has 1 aromatic carbocycles. The Labute approximate surface area is 192 Å². The Morgan fingerprint density at radius 3 is 1.91 bits per heavy atom. The molecule has 32 heavy (non-hydrogen) atoms. The highest BCUT2D eigenvalue weighted by Crippen LogP contribution is 2.48. The van der Waals surface area contributed by atoms with Gasteiger partial charge in [0.05, 0.1) is 19.3 Å². The molecule has 0 aliphatic heterocycles. The molecule has 180 valence electrons. The minimum Gasteiger partial charge on any atom is -0.491 e. The molecule has 3 aliphatic rings. The molecule has 1 aromatic rings. The molecule has 4 atom stereocenters. The van der Waals surface area contributed by atoms with Gasteiger partial charge in [0.25, 0.3) is 0 Å². The Morgan fingerprint density at radius 2 is 1.25 bits per heavy atom. The molecule has 5 heteroatoms. The molecule has 3 nitrogen and oxygen atoms in total. The lowest BCUT2D eigenvalue weighted by Gasteiger charge is -2.45. The van der Waals surface area contributed by atoms with Gasteiger partial charge < -0.3 is 14.2 Å². The van der Waals surface area contributed by atoms with Gasteiger partial charge in [0.2, 0.25) is 11.6 Å². The van der Waals surface area contributed by atoms with Crippen LogP contribution < -0.4 is 9.47 Å². The Hall–Kier alpha value is -1.36. The fourth-order valence-electron chi connectivity index (χ4n) is 6.66. The van der Waals surface area contributed by atoms with Crippen molar-refractivity contribution < 1.29 is 23.0 Å². The van der Waals surface area contributed by atoms with Crippen molar-refractivity contribution >= 4 is 0 Å². The Bertz CT molecular complexity index is 732. The summed E-state index contributed by atoms with van der Waals surface area (Å²) in [5.74, 6) is 1.89. The van der Waals surface area contributed by atoms with Gasteiger partial charge in [0.1, 0.15) is 0 Å². The summed E-state index contributed by atoms with van der Waals surface area (Å²) in [6, 6.07) is 2.94. The maximum absolute atomic E-state index is 14.3. The Kier molecular flexibility index (Phi) is 8.31. The predicted molar refractivity (Wildman–Crippen MR) is 122 cm³/mol. The van der Waals surface area contributed by atoms with Crippen molar-refractivity contribution in [3.63, 3.8) is 0 Å². The molecule has 3 saturated carbocycles. The Morgan fingerprint density at radius 1 is 0.688 bits per heavy atom. The smallest absolute Gasteiger partial charge is 0.204 e. The first kappa shape index (κ1) is 23.8. The van der Waals surface area contributed by atoms with Gasteiger partial charge in [-0.2, -0.15) is 8.78 Å². The van der Waals surface area contributed by atoms with Gasteiger partial charge >= 0.3 is 0 Å². The van der Waals surface area contributed by atoms with Gasteiger partial charge in [-0.25, -0.2) is 0 Å². The number of ether oxygens (including phenoxy) is 3. The minimum absolute atomic E-state index is 0.000519. The summed E-state index contributed by atoms with van der Waals surface area (Å²) < 4.78 is 45.1. The second-order valence-corrected chi connectivity index (χ2v) is 10.2. The number of benzene rings is 1. The second kappa shape index (κ2) is 11.2. The summed E-state index contributed by atoms with van der Waals surface area (Å²) in [6.45, 7) is 5.46. The molecule has 3 aliphatic carbocycles. The maximum Gasteiger partial charge on any atom is 0.204 e. The fourth-order valence-corrected chi connectivity index (χ4v) is 6.66. The van der Waals surface area contributed by atoms with Crippen LogP contribution in [0.1, 0.15) is 78.1 Å². The van der Waals surface area contributed by atoms with Crippen LogP contribution in [0, 0.1) is 41.2 Å². The van der Waals surface area contributed by atoms with Crippen LogP contribution >= 0.6 is 0 Å². The van der Waals surface area contributed by atoms with Gasteiger partial charge in [-0.3, -0.25) is 0 Å². The molecule has 0 radical (unpaired) electrons. The molecule has 0 amide bonds. The summed E-state index contributed by atoms with van der Waals surface area (Å²) >= 11 is 0. The van der Waals surface area contributed by atoms with Crippen LogP contribution in [0.2, 0.25) is 0 Å². The van der Waals surface area contributed by atoms with E-state index in [2.05, 4.69) is 6.92 Å². The van der Waals surface area contributed by atoms with E-state index in [1.807, 2.05) is 0 Å². The van der Waals surface area contributed by atoms with Crippen LogP contribution in [-0.4, -0.2) is 25.9 Å². The molecule has 0 aromatic heterocycles. The summed E-state index contributed by atoms with van der Waals surface area (Å²) in [5.41, 5.74) is 0. The van der Waals surface area contributed by atoms with Gasteiger partial charge in [0, 0.05) is 6.61 Å². The topological polar surface area (TPSA) is 27.7 Å². The van der Waals surface area contributed by atoms with Crippen molar-refractivity contribution in [2.75, 3.05) is 19.8 Å². The molecule has 0 N–H and O–H groups in total. The van der Waals surface area contributed by atoms with E-state index < -0.39 is 11.6 Å². The molecular formula is C27H40F2O3. The third kappa shape index (κ3) is 5.58. The molecule has 0 spiro atoms. The van der Waals surface area contributed by atoms with Crippen LogP contribution in [0.15, 0.2) is 12.1 Å². The first-order valence-electron chi connectivity index (χ1n) is 12.9. The Balaban J connectivity index is 1.23. The number of halogens is 2. The van der Waals surface area contributed by atoms with E-state index >= 15 is 0 Å². The quantitative estimate of drug-likeness (QED) is 0.420. The SMILES string of the molecule is CCOc1ccc(OCC2CCC3CC(C4CCC(OCC)CC4)CCC3C2)c(F)c1F. The normalized spacial score (nSPS) is 32.9. The van der Waals surface area contributed by atoms with Crippen molar-refractivity contribution in [2.45, 2.75) is 84.2 Å². The van der Waals surface area contributed by atoms with Gasteiger partial charge in [-0.1, -0.05) is 0 Å². The van der Waals surface area contributed by atoms with E-state index in [4.69, 9.17) is 14.2 Å². The van der Waals surface area contributed by atoms with Crippen molar-refractivity contribution in [1.82, 2.24) is 0 Å². The number of hydrogen-bond acceptors (Lipinski definition) is 3. The summed E-state index contributed by atoms with van der Waals surface area (Å²) in [5, 5.41) is 0. The molecule has 4 rings (SSSR count). The van der Waals surface area contributed by atoms with E-state index in [1.54, 1.807) is 6.92 Å². The zero-order valence-electron chi connectivity index (χ0n) is 19.8. The summed E-state index contributed by atoms with van der Waals surface area (Å²) in [6.07, 6.45) is 13.3. The van der Waals surface area contributed by atoms with Crippen LogP contribution in [-0.2, 0) is 4.74 Å². The standard InChI is InChI=1S/C27H40F2O3/c1-3-30-23-11-9-19(10-12-23)21-8-7-20-15-18(5-6-22(20)16-21)17-32-25-14-13-24(31-4-2)26(28)27(25)29/h13-14,18-23H,3-12,15-17H2,1-2H3. The average Bonchev–Trinajstić information content (AvgIpc) is 2.82. The van der Waals surface area contributed by atoms with Crippen molar-refractivity contribution in [3.05, 3.63) is 23.8 Å². The van der Waals surface area contributed by atoms with E-state index in [1.165, 1.54) is 63.5 Å². The van der Waals surface area contributed by atoms with Crippen LogP contribution in [0.25, 0.3) is 0 Å². The zero-order chi connectivity index (χ0) is 22.5. The van der Waals surface area contributed by atoms with E-state index in [0.29, 0.717) is 25.2 Å². The number of rotatable bonds is 8. The third-order valence-corrected chi connectivity index (χ3v) is 8.34. The monoisotopic (exact) mass is 450 g/mol. The fraction of sp³-hybridized carbons (Fsp3) is 0.778. The van der Waals surface area contributed by atoms with Crippen LogP contribution in [0.4, 0.5) is 8.78 Å². The van der Waals surface area contributed by atoms with E-state index in [-0.39, 0.29) is 11.5 Å². The van der Waals surface area contributed by atoms with Gasteiger partial charge in [-0.05, 0) is 120 Å². The highest BCUT2D eigenvalue weighted by molar-refractivity contribution is 5.35. The van der Waals surface area contributed by atoms with Crippen molar-refractivity contribution in [1.29, 1.82) is 0 Å². The molecule has 4 unspecified atom stereocenters. The van der Waals surface area contributed by atoms with E-state index in [9.17, 15) is 8.78 Å². The molecular weight excluding hydrogens is 410 g/mol. The number of hydrogen-bond donors (Lipinski definition) is 0. The minimum atomic E-state index is -0.957. The van der Waals surface area contributed by atoms with Crippen molar-refractivity contribution in [2.24, 2.45) is 29.6 Å². The molecule has 0 saturated heterocycles. The lowest BCUT2D eigenvalue weighted by molar-refractivity contribution is 0.00254. The van der Waals surface area contributed by atoms with Crippen molar-refractivity contribution in [3.8, 4) is 11.5 Å². The average molecular weight is 451 g/mol. The molecule has 3 fully saturated rings. The lowest BCUT2D eigenvalue weighted by Crippen LogP contribution is -2.36. The van der Waals surface area contributed by atoms with Gasteiger partial charge in [0.15, 0.2) is 11.5 Å². The summed E-state index contributed by atoms with van der Waals surface area (Å²) in [7, 11) is 0. The maximum atomic E-state index is 14.3. The first-order valence-corrected chi connectivity index (χ1v) is 12.9. The van der Waals surface area contributed by atoms with Gasteiger partial charge in [-0.15, -0.1) is 0 Å². The summed E-state index contributed by atoms with van der Waals surface area (Å²) in [4.78, 5) is 0.